The average Bonchev–Trinajstić information content (AvgIpc) is 2.49. The van der Waals surface area contributed by atoms with E-state index in [9.17, 15) is 8.42 Å². The molecule has 1 aromatic carbocycles. The van der Waals surface area contributed by atoms with Crippen molar-refractivity contribution in [2.75, 3.05) is 18.4 Å². The minimum absolute atomic E-state index is 0.310. The van der Waals surface area contributed by atoms with Crippen molar-refractivity contribution in [1.82, 2.24) is 4.72 Å². The van der Waals surface area contributed by atoms with Crippen LogP contribution in [-0.4, -0.2) is 21.5 Å². The molecule has 2 N–H and O–H groups in total. The third-order valence-corrected chi connectivity index (χ3v) is 5.22. The van der Waals surface area contributed by atoms with Gasteiger partial charge in [0.1, 0.15) is 0 Å². The molecule has 0 bridgehead atoms. The highest BCUT2D eigenvalue weighted by atomic mass is 32.2. The Morgan fingerprint density at radius 1 is 1.14 bits per heavy atom. The van der Waals surface area contributed by atoms with Gasteiger partial charge in [0.2, 0.25) is 10.0 Å². The molecular formula is C16H24N2O2S. The Balaban J connectivity index is 1.86. The Morgan fingerprint density at radius 2 is 1.90 bits per heavy atom. The van der Waals surface area contributed by atoms with Gasteiger partial charge in [-0.1, -0.05) is 18.6 Å². The van der Waals surface area contributed by atoms with Gasteiger partial charge in [0, 0.05) is 18.8 Å². The monoisotopic (exact) mass is 308 g/mol. The highest BCUT2D eigenvalue weighted by molar-refractivity contribution is 7.89. The van der Waals surface area contributed by atoms with E-state index in [2.05, 4.69) is 16.1 Å². The molecule has 21 heavy (non-hydrogen) atoms. The number of sulfonamides is 1. The molecule has 0 fully saturated rings. The largest absolute Gasteiger partial charge is 0.385 e. The lowest BCUT2D eigenvalue weighted by Gasteiger charge is -2.13. The molecule has 1 aromatic rings. The van der Waals surface area contributed by atoms with Crippen LogP contribution in [0.3, 0.4) is 0 Å². The van der Waals surface area contributed by atoms with Crippen LogP contribution in [0.5, 0.6) is 0 Å². The predicted molar refractivity (Wildman–Crippen MR) is 87.0 cm³/mol. The third-order valence-electron chi connectivity index (χ3n) is 3.66. The molecule has 2 rings (SSSR count). The lowest BCUT2D eigenvalue weighted by Crippen LogP contribution is -2.23. The maximum absolute atomic E-state index is 11.8. The first-order valence-corrected chi connectivity index (χ1v) is 9.11. The van der Waals surface area contributed by atoms with Gasteiger partial charge in [0.05, 0.1) is 4.90 Å². The number of hydrogen-bond acceptors (Lipinski definition) is 3. The fraction of sp³-hybridized carbons (Fsp3) is 0.500. The van der Waals surface area contributed by atoms with E-state index in [1.165, 1.54) is 25.7 Å². The van der Waals surface area contributed by atoms with Crippen LogP contribution in [0.2, 0.25) is 0 Å². The summed E-state index contributed by atoms with van der Waals surface area (Å²) in [4.78, 5) is 0.310. The maximum atomic E-state index is 11.8. The molecule has 1 aliphatic carbocycles. The quantitative estimate of drug-likeness (QED) is 0.760. The molecule has 1 aliphatic rings. The third kappa shape index (κ3) is 4.86. The topological polar surface area (TPSA) is 58.2 Å². The van der Waals surface area contributed by atoms with Gasteiger partial charge in [0.25, 0.3) is 0 Å². The van der Waals surface area contributed by atoms with E-state index >= 15 is 0 Å². The lowest BCUT2D eigenvalue weighted by molar-refractivity contribution is 0.584. The van der Waals surface area contributed by atoms with Crippen molar-refractivity contribution < 1.29 is 8.42 Å². The van der Waals surface area contributed by atoms with Crippen LogP contribution in [0.15, 0.2) is 40.8 Å². The molecule has 0 amide bonds. The molecule has 0 aliphatic heterocycles. The summed E-state index contributed by atoms with van der Waals surface area (Å²) < 4.78 is 26.1. The van der Waals surface area contributed by atoms with Crippen LogP contribution >= 0.6 is 0 Å². The van der Waals surface area contributed by atoms with E-state index in [4.69, 9.17) is 0 Å². The summed E-state index contributed by atoms with van der Waals surface area (Å²) in [5, 5.41) is 3.35. The lowest BCUT2D eigenvalue weighted by atomic mass is 9.97. The zero-order valence-corrected chi connectivity index (χ0v) is 13.4. The molecule has 0 saturated heterocycles. The van der Waals surface area contributed by atoms with Gasteiger partial charge in [0.15, 0.2) is 0 Å². The first-order chi connectivity index (χ1) is 10.1. The van der Waals surface area contributed by atoms with Crippen molar-refractivity contribution in [3.63, 3.8) is 0 Å². The standard InChI is InChI=1S/C16H24N2O2S/c1-2-18-21(19,20)16-10-8-15(9-11-16)17-13-12-14-6-4-3-5-7-14/h6,8-11,17-18H,2-5,7,12-13H2,1H3. The second-order valence-corrected chi connectivity index (χ2v) is 7.08. The molecule has 5 heteroatoms. The predicted octanol–water partition coefficient (Wildman–Crippen LogP) is 3.29. The summed E-state index contributed by atoms with van der Waals surface area (Å²) in [6.07, 6.45) is 8.49. The summed E-state index contributed by atoms with van der Waals surface area (Å²) in [6, 6.07) is 6.92. The zero-order valence-electron chi connectivity index (χ0n) is 12.6. The SMILES string of the molecule is CCNS(=O)(=O)c1ccc(NCCC2=CCCCC2)cc1. The molecule has 116 valence electrons. The van der Waals surface area contributed by atoms with Gasteiger partial charge in [-0.25, -0.2) is 13.1 Å². The summed E-state index contributed by atoms with van der Waals surface area (Å²) in [5.74, 6) is 0. The van der Waals surface area contributed by atoms with Crippen molar-refractivity contribution in [3.8, 4) is 0 Å². The van der Waals surface area contributed by atoms with Crippen LogP contribution in [0, 0.1) is 0 Å². The van der Waals surface area contributed by atoms with E-state index in [-0.39, 0.29) is 0 Å². The second kappa shape index (κ2) is 7.61. The Hall–Kier alpha value is -1.33. The Bertz CT molecular complexity index is 577. The van der Waals surface area contributed by atoms with E-state index in [0.717, 1.165) is 18.7 Å². The van der Waals surface area contributed by atoms with Crippen LogP contribution in [0.4, 0.5) is 5.69 Å². The van der Waals surface area contributed by atoms with Gasteiger partial charge in [-0.15, -0.1) is 0 Å². The number of benzene rings is 1. The molecule has 0 saturated carbocycles. The van der Waals surface area contributed by atoms with Crippen LogP contribution in [-0.2, 0) is 10.0 Å². The van der Waals surface area contributed by atoms with Crippen LogP contribution in [0.25, 0.3) is 0 Å². The minimum atomic E-state index is -3.35. The van der Waals surface area contributed by atoms with E-state index in [0.29, 0.717) is 11.4 Å². The molecule has 0 spiro atoms. The molecule has 0 aromatic heterocycles. The number of allylic oxidation sites excluding steroid dienone is 1. The molecule has 0 atom stereocenters. The summed E-state index contributed by atoms with van der Waals surface area (Å²) in [7, 11) is -3.35. The molecule has 4 nitrogen and oxygen atoms in total. The van der Waals surface area contributed by atoms with Crippen molar-refractivity contribution in [2.45, 2.75) is 43.9 Å². The van der Waals surface area contributed by atoms with E-state index in [1.54, 1.807) is 24.6 Å². The number of hydrogen-bond donors (Lipinski definition) is 2. The fourth-order valence-corrected chi connectivity index (χ4v) is 3.57. The van der Waals surface area contributed by atoms with Crippen molar-refractivity contribution in [3.05, 3.63) is 35.9 Å². The van der Waals surface area contributed by atoms with Gasteiger partial charge >= 0.3 is 0 Å². The average molecular weight is 308 g/mol. The molecule has 0 heterocycles. The van der Waals surface area contributed by atoms with E-state index in [1.807, 2.05) is 12.1 Å². The van der Waals surface area contributed by atoms with Crippen molar-refractivity contribution in [2.24, 2.45) is 0 Å². The normalized spacial score (nSPS) is 15.6. The maximum Gasteiger partial charge on any atom is 0.240 e. The van der Waals surface area contributed by atoms with Crippen LogP contribution in [0.1, 0.15) is 39.0 Å². The highest BCUT2D eigenvalue weighted by Gasteiger charge is 2.11. The van der Waals surface area contributed by atoms with Gasteiger partial charge < -0.3 is 5.32 Å². The molecular weight excluding hydrogens is 284 g/mol. The number of anilines is 1. The van der Waals surface area contributed by atoms with Gasteiger partial charge in [-0.05, 0) is 56.4 Å². The summed E-state index contributed by atoms with van der Waals surface area (Å²) in [6.45, 7) is 3.07. The first-order valence-electron chi connectivity index (χ1n) is 7.63. The van der Waals surface area contributed by atoms with Crippen molar-refractivity contribution >= 4 is 15.7 Å². The summed E-state index contributed by atoms with van der Waals surface area (Å²) >= 11 is 0. The van der Waals surface area contributed by atoms with Gasteiger partial charge in [-0.3, -0.25) is 0 Å². The Labute approximate surface area is 127 Å². The molecule has 0 unspecified atom stereocenters. The summed E-state index contributed by atoms with van der Waals surface area (Å²) in [5.41, 5.74) is 2.50. The zero-order chi connectivity index (χ0) is 15.1. The van der Waals surface area contributed by atoms with Crippen molar-refractivity contribution in [1.29, 1.82) is 0 Å². The first kappa shape index (κ1) is 16.0. The minimum Gasteiger partial charge on any atom is -0.385 e. The van der Waals surface area contributed by atoms with Crippen LogP contribution < -0.4 is 10.0 Å². The van der Waals surface area contributed by atoms with Gasteiger partial charge in [-0.2, -0.15) is 0 Å². The molecule has 0 radical (unpaired) electrons. The highest BCUT2D eigenvalue weighted by Crippen LogP contribution is 2.20. The smallest absolute Gasteiger partial charge is 0.240 e. The second-order valence-electron chi connectivity index (χ2n) is 5.31. The van der Waals surface area contributed by atoms with E-state index < -0.39 is 10.0 Å². The fourth-order valence-electron chi connectivity index (χ4n) is 2.52. The Morgan fingerprint density at radius 3 is 2.52 bits per heavy atom. The number of nitrogens with one attached hydrogen (secondary N) is 2. The number of rotatable bonds is 7. The Kier molecular flexibility index (Phi) is 5.82.